The Kier molecular flexibility index (Phi) is 4.14. The van der Waals surface area contributed by atoms with Crippen LogP contribution in [-0.2, 0) is 0 Å². The Morgan fingerprint density at radius 2 is 1.79 bits per heavy atom. The van der Waals surface area contributed by atoms with E-state index in [1.165, 1.54) is 11.1 Å². The number of benzene rings is 1. The van der Waals surface area contributed by atoms with Gasteiger partial charge < -0.3 is 5.11 Å². The molecular weight excluding hydrogens is 240 g/mol. The number of aliphatic hydroxyl groups is 1. The molecule has 0 aliphatic rings. The molecule has 14 heavy (non-hydrogen) atoms. The molecule has 1 aromatic carbocycles. The molecule has 0 aromatic heterocycles. The van der Waals surface area contributed by atoms with Crippen LogP contribution in [-0.4, -0.2) is 5.11 Å². The quantitative estimate of drug-likeness (QED) is 0.870. The van der Waals surface area contributed by atoms with Gasteiger partial charge in [-0.15, -0.1) is 0 Å². The summed E-state index contributed by atoms with van der Waals surface area (Å²) in [6.45, 7) is 6.19. The van der Waals surface area contributed by atoms with Crippen LogP contribution in [0, 0.1) is 13.8 Å². The topological polar surface area (TPSA) is 20.2 Å². The third kappa shape index (κ3) is 2.58. The predicted octanol–water partition coefficient (Wildman–Crippen LogP) is 3.90. The number of hydrogen-bond donors (Lipinski definition) is 1. The average Bonchev–Trinajstić information content (AvgIpc) is 2.13. The van der Waals surface area contributed by atoms with Crippen molar-refractivity contribution in [3.63, 3.8) is 0 Å². The second-order valence-electron chi connectivity index (χ2n) is 3.77. The Labute approximate surface area is 94.3 Å². The standard InChI is InChI=1S/C12H17BrO/c1-4-5-11(14)10-6-8(2)12(13)9(3)7-10/h6-7,11,14H,4-5H2,1-3H3. The lowest BCUT2D eigenvalue weighted by atomic mass is 10.0. The van der Waals surface area contributed by atoms with Crippen molar-refractivity contribution < 1.29 is 5.11 Å². The highest BCUT2D eigenvalue weighted by Gasteiger charge is 2.09. The lowest BCUT2D eigenvalue weighted by Crippen LogP contribution is -1.98. The van der Waals surface area contributed by atoms with Gasteiger partial charge in [0.25, 0.3) is 0 Å². The zero-order valence-corrected chi connectivity index (χ0v) is 10.6. The van der Waals surface area contributed by atoms with Crippen LogP contribution in [0.2, 0.25) is 0 Å². The van der Waals surface area contributed by atoms with E-state index in [4.69, 9.17) is 0 Å². The highest BCUT2D eigenvalue weighted by atomic mass is 79.9. The minimum absolute atomic E-state index is 0.314. The molecule has 0 amide bonds. The molecule has 1 nitrogen and oxygen atoms in total. The van der Waals surface area contributed by atoms with Gasteiger partial charge in [-0.1, -0.05) is 41.4 Å². The summed E-state index contributed by atoms with van der Waals surface area (Å²) in [7, 11) is 0. The lowest BCUT2D eigenvalue weighted by Gasteiger charge is -2.13. The van der Waals surface area contributed by atoms with Gasteiger partial charge in [0.15, 0.2) is 0 Å². The number of halogens is 1. The van der Waals surface area contributed by atoms with Crippen LogP contribution >= 0.6 is 15.9 Å². The minimum atomic E-state index is -0.314. The van der Waals surface area contributed by atoms with Gasteiger partial charge in [0.2, 0.25) is 0 Å². The molecule has 0 bridgehead atoms. The summed E-state index contributed by atoms with van der Waals surface area (Å²) >= 11 is 3.52. The van der Waals surface area contributed by atoms with E-state index in [0.29, 0.717) is 0 Å². The number of aryl methyl sites for hydroxylation is 2. The van der Waals surface area contributed by atoms with E-state index in [9.17, 15) is 5.11 Å². The average molecular weight is 257 g/mol. The zero-order valence-electron chi connectivity index (χ0n) is 8.97. The smallest absolute Gasteiger partial charge is 0.0790 e. The summed E-state index contributed by atoms with van der Waals surface area (Å²) in [4.78, 5) is 0. The number of rotatable bonds is 3. The number of hydrogen-bond acceptors (Lipinski definition) is 1. The maximum atomic E-state index is 9.84. The zero-order chi connectivity index (χ0) is 10.7. The monoisotopic (exact) mass is 256 g/mol. The Morgan fingerprint density at radius 1 is 1.29 bits per heavy atom. The molecule has 1 aromatic rings. The molecule has 1 unspecified atom stereocenters. The lowest BCUT2D eigenvalue weighted by molar-refractivity contribution is 0.166. The van der Waals surface area contributed by atoms with Crippen molar-refractivity contribution >= 4 is 15.9 Å². The first-order valence-electron chi connectivity index (χ1n) is 5.01. The fourth-order valence-corrected chi connectivity index (χ4v) is 1.84. The summed E-state index contributed by atoms with van der Waals surface area (Å²) < 4.78 is 1.14. The molecule has 2 heteroatoms. The molecule has 1 rings (SSSR count). The van der Waals surface area contributed by atoms with Crippen molar-refractivity contribution in [2.75, 3.05) is 0 Å². The van der Waals surface area contributed by atoms with Crippen LogP contribution in [0.3, 0.4) is 0 Å². The van der Waals surface area contributed by atoms with Gasteiger partial charge in [-0.05, 0) is 37.0 Å². The third-order valence-corrected chi connectivity index (χ3v) is 3.66. The van der Waals surface area contributed by atoms with Crippen LogP contribution in [0.1, 0.15) is 42.6 Å². The molecule has 0 aliphatic carbocycles. The van der Waals surface area contributed by atoms with E-state index in [2.05, 4.69) is 48.8 Å². The van der Waals surface area contributed by atoms with Gasteiger partial charge in [0.1, 0.15) is 0 Å². The van der Waals surface area contributed by atoms with Crippen molar-refractivity contribution in [2.45, 2.75) is 39.7 Å². The molecule has 78 valence electrons. The molecular formula is C12H17BrO. The molecule has 0 heterocycles. The maximum Gasteiger partial charge on any atom is 0.0790 e. The second-order valence-corrected chi connectivity index (χ2v) is 4.57. The summed E-state index contributed by atoms with van der Waals surface area (Å²) in [5.74, 6) is 0. The molecule has 0 radical (unpaired) electrons. The summed E-state index contributed by atoms with van der Waals surface area (Å²) in [5.41, 5.74) is 3.41. The number of aliphatic hydroxyl groups excluding tert-OH is 1. The van der Waals surface area contributed by atoms with E-state index in [1.807, 2.05) is 0 Å². The summed E-state index contributed by atoms with van der Waals surface area (Å²) in [6.07, 6.45) is 1.53. The first-order chi connectivity index (χ1) is 6.56. The first kappa shape index (κ1) is 11.7. The summed E-state index contributed by atoms with van der Waals surface area (Å²) in [6, 6.07) is 4.11. The molecule has 0 spiro atoms. The molecule has 0 saturated carbocycles. The van der Waals surface area contributed by atoms with Crippen LogP contribution in [0.5, 0.6) is 0 Å². The first-order valence-corrected chi connectivity index (χ1v) is 5.80. The van der Waals surface area contributed by atoms with E-state index >= 15 is 0 Å². The summed E-state index contributed by atoms with van der Waals surface area (Å²) in [5, 5.41) is 9.84. The van der Waals surface area contributed by atoms with Crippen LogP contribution in [0.4, 0.5) is 0 Å². The van der Waals surface area contributed by atoms with E-state index in [-0.39, 0.29) is 6.10 Å². The largest absolute Gasteiger partial charge is 0.388 e. The molecule has 1 atom stereocenters. The highest BCUT2D eigenvalue weighted by Crippen LogP contribution is 2.27. The SMILES string of the molecule is CCCC(O)c1cc(C)c(Br)c(C)c1. The van der Waals surface area contributed by atoms with Gasteiger partial charge in [0, 0.05) is 4.47 Å². The highest BCUT2D eigenvalue weighted by molar-refractivity contribution is 9.10. The predicted molar refractivity (Wildman–Crippen MR) is 63.5 cm³/mol. The Hall–Kier alpha value is -0.340. The van der Waals surface area contributed by atoms with Gasteiger partial charge in [-0.3, -0.25) is 0 Å². The Morgan fingerprint density at radius 3 is 2.21 bits per heavy atom. The van der Waals surface area contributed by atoms with Crippen LogP contribution < -0.4 is 0 Å². The van der Waals surface area contributed by atoms with Gasteiger partial charge in [-0.25, -0.2) is 0 Å². The fraction of sp³-hybridized carbons (Fsp3) is 0.500. The van der Waals surface area contributed by atoms with E-state index < -0.39 is 0 Å². The van der Waals surface area contributed by atoms with E-state index in [0.717, 1.165) is 22.9 Å². The Balaban J connectivity index is 3.00. The fourth-order valence-electron chi connectivity index (χ4n) is 1.61. The molecule has 0 saturated heterocycles. The molecule has 1 N–H and O–H groups in total. The van der Waals surface area contributed by atoms with Crippen molar-refractivity contribution in [3.8, 4) is 0 Å². The van der Waals surface area contributed by atoms with Crippen molar-refractivity contribution in [2.24, 2.45) is 0 Å². The maximum absolute atomic E-state index is 9.84. The third-order valence-electron chi connectivity index (χ3n) is 2.41. The van der Waals surface area contributed by atoms with Gasteiger partial charge >= 0.3 is 0 Å². The van der Waals surface area contributed by atoms with Crippen LogP contribution in [0.25, 0.3) is 0 Å². The van der Waals surface area contributed by atoms with Crippen LogP contribution in [0.15, 0.2) is 16.6 Å². The van der Waals surface area contributed by atoms with E-state index in [1.54, 1.807) is 0 Å². The van der Waals surface area contributed by atoms with Gasteiger partial charge in [0.05, 0.1) is 6.10 Å². The van der Waals surface area contributed by atoms with Gasteiger partial charge in [-0.2, -0.15) is 0 Å². The molecule has 0 fully saturated rings. The van der Waals surface area contributed by atoms with Crippen molar-refractivity contribution in [1.29, 1.82) is 0 Å². The Bertz CT molecular complexity index is 297. The second kappa shape index (κ2) is 4.94. The normalized spacial score (nSPS) is 12.9. The molecule has 0 aliphatic heterocycles. The van der Waals surface area contributed by atoms with Crippen molar-refractivity contribution in [3.05, 3.63) is 33.3 Å². The van der Waals surface area contributed by atoms with Crippen molar-refractivity contribution in [1.82, 2.24) is 0 Å². The minimum Gasteiger partial charge on any atom is -0.388 e.